The number of aliphatic hydroxyl groups is 1. The number of aromatic nitrogens is 2. The van der Waals surface area contributed by atoms with Crippen molar-refractivity contribution in [1.82, 2.24) is 9.97 Å². The summed E-state index contributed by atoms with van der Waals surface area (Å²) >= 11 is 0. The van der Waals surface area contributed by atoms with Gasteiger partial charge in [-0.05, 0) is 55.1 Å². The van der Waals surface area contributed by atoms with E-state index in [0.717, 1.165) is 11.6 Å². The highest BCUT2D eigenvalue weighted by Gasteiger charge is 2.29. The van der Waals surface area contributed by atoms with Crippen molar-refractivity contribution >= 4 is 43.7 Å². The number of hydrogen-bond donors (Lipinski definition) is 3. The number of rotatable bonds is 7. The molecule has 2 aromatic carbocycles. The Balaban J connectivity index is 1.45. The van der Waals surface area contributed by atoms with Crippen LogP contribution in [0.25, 0.3) is 10.9 Å². The first-order valence-electron chi connectivity index (χ1n) is 12.3. The number of hydrogen-bond acceptors (Lipinski definition) is 7. The topological polar surface area (TPSA) is 106 Å². The molecule has 1 saturated heterocycles. The van der Waals surface area contributed by atoms with Gasteiger partial charge < -0.3 is 24.6 Å². The Labute approximate surface area is 225 Å². The number of aliphatic hydroxyl groups excluding tert-OH is 1. The highest BCUT2D eigenvalue weighted by atomic mass is 32.2. The summed E-state index contributed by atoms with van der Waals surface area (Å²) in [6.45, 7) is 4.29. The van der Waals surface area contributed by atoms with E-state index in [4.69, 9.17) is 9.47 Å². The lowest BCUT2D eigenvalue weighted by Crippen LogP contribution is -2.30. The molecular formula is C28H28F2N4O4S. The van der Waals surface area contributed by atoms with Gasteiger partial charge in [0.2, 0.25) is 0 Å². The smallest absolute Gasteiger partial charge is 0.150 e. The zero-order valence-corrected chi connectivity index (χ0v) is 22.2. The summed E-state index contributed by atoms with van der Waals surface area (Å²) in [5, 5.41) is 13.1. The van der Waals surface area contributed by atoms with Gasteiger partial charge in [0.05, 0.1) is 45.2 Å². The molecule has 2 aliphatic rings. The molecule has 5 rings (SSSR count). The number of fused-ring (bicyclic) bond motifs is 1. The number of ether oxygens (including phenoxy) is 2. The van der Waals surface area contributed by atoms with Gasteiger partial charge >= 0.3 is 0 Å². The second-order valence-corrected chi connectivity index (χ2v) is 11.5. The molecule has 1 fully saturated rings. The van der Waals surface area contributed by atoms with Crippen molar-refractivity contribution in [2.24, 2.45) is 5.92 Å². The second kappa shape index (κ2) is 10.8. The van der Waals surface area contributed by atoms with Crippen molar-refractivity contribution in [3.63, 3.8) is 0 Å². The van der Waals surface area contributed by atoms with Crippen LogP contribution >= 0.6 is 0 Å². The van der Waals surface area contributed by atoms with Crippen molar-refractivity contribution in [2.45, 2.75) is 26.1 Å². The predicted molar refractivity (Wildman–Crippen MR) is 149 cm³/mol. The van der Waals surface area contributed by atoms with E-state index in [2.05, 4.69) is 25.9 Å². The van der Waals surface area contributed by atoms with Crippen LogP contribution in [0.2, 0.25) is 0 Å². The van der Waals surface area contributed by atoms with Gasteiger partial charge in [0.25, 0.3) is 0 Å². The molecule has 0 amide bonds. The van der Waals surface area contributed by atoms with Gasteiger partial charge in [-0.25, -0.2) is 23.0 Å². The first-order valence-corrected chi connectivity index (χ1v) is 14.0. The fourth-order valence-corrected chi connectivity index (χ4v) is 5.40. The lowest BCUT2D eigenvalue weighted by Gasteiger charge is -2.19. The fourth-order valence-electron chi connectivity index (χ4n) is 4.20. The van der Waals surface area contributed by atoms with Gasteiger partial charge in [0, 0.05) is 11.0 Å². The maximum absolute atomic E-state index is 15.5. The third-order valence-corrected chi connectivity index (χ3v) is 8.21. The largest absolute Gasteiger partial charge is 0.483 e. The summed E-state index contributed by atoms with van der Waals surface area (Å²) in [4.78, 5) is 8.85. The zero-order chi connectivity index (χ0) is 27.7. The number of nitrogens with zero attached hydrogens (tertiary/aromatic N) is 2. The van der Waals surface area contributed by atoms with Crippen LogP contribution in [0, 0.1) is 17.6 Å². The van der Waals surface area contributed by atoms with Crippen LogP contribution in [-0.2, 0) is 14.4 Å². The number of allylic oxidation sites excluding steroid dienone is 5. The fraction of sp³-hybridized carbons (Fsp3) is 0.250. The molecule has 11 heteroatoms. The molecule has 204 valence electrons. The van der Waals surface area contributed by atoms with Gasteiger partial charge in [0.15, 0.2) is 6.10 Å². The monoisotopic (exact) mass is 554 g/mol. The van der Waals surface area contributed by atoms with Crippen LogP contribution in [0.15, 0.2) is 71.4 Å². The van der Waals surface area contributed by atoms with Crippen molar-refractivity contribution in [3.05, 3.63) is 83.1 Å². The lowest BCUT2D eigenvalue weighted by atomic mass is 10.0. The van der Waals surface area contributed by atoms with Gasteiger partial charge in [-0.2, -0.15) is 0 Å². The van der Waals surface area contributed by atoms with E-state index < -0.39 is 33.6 Å². The van der Waals surface area contributed by atoms with Crippen molar-refractivity contribution in [2.75, 3.05) is 23.3 Å². The van der Waals surface area contributed by atoms with Gasteiger partial charge in [-0.1, -0.05) is 24.6 Å². The van der Waals surface area contributed by atoms with Crippen molar-refractivity contribution in [1.29, 1.82) is 0 Å². The van der Waals surface area contributed by atoms with Gasteiger partial charge in [-0.3, -0.25) is 0 Å². The molecule has 3 N–H and O–H groups in total. The number of anilines is 3. The maximum atomic E-state index is 15.5. The molecule has 0 radical (unpaired) electrons. The van der Waals surface area contributed by atoms with Gasteiger partial charge in [-0.15, -0.1) is 0 Å². The Kier molecular flexibility index (Phi) is 7.39. The minimum absolute atomic E-state index is 0.0686. The molecule has 0 saturated carbocycles. The Hall–Kier alpha value is -3.80. The summed E-state index contributed by atoms with van der Waals surface area (Å²) in [7, 11) is -3.01. The molecular weight excluding hydrogens is 526 g/mol. The Morgan fingerprint density at radius 2 is 2.00 bits per heavy atom. The van der Waals surface area contributed by atoms with Crippen LogP contribution < -0.4 is 14.8 Å². The standard InChI is InChI=1S/C28H28F2N4O4S/c1-16-4-7-20(8-5-17(16)2)39(3,36)34-19-11-21(30)27-23(12-19)31-15-32-28(27)33-22-9-6-18(29)10-25(22)38-26-14-37-13-24(26)35/h4-12,15-16,24,26,35H,3,13-14H2,1-2H3,(H,34,36)(H,31,32,33). The predicted octanol–water partition coefficient (Wildman–Crippen LogP) is 4.87. The molecule has 0 spiro atoms. The average molecular weight is 555 g/mol. The normalized spacial score (nSPS) is 22.5. The lowest BCUT2D eigenvalue weighted by molar-refractivity contribution is 0.0736. The Morgan fingerprint density at radius 1 is 1.18 bits per heavy atom. The van der Waals surface area contributed by atoms with Crippen LogP contribution in [0.3, 0.4) is 0 Å². The molecule has 8 nitrogen and oxygen atoms in total. The average Bonchev–Trinajstić information content (AvgIpc) is 3.19. The van der Waals surface area contributed by atoms with Crippen LogP contribution in [0.1, 0.15) is 13.8 Å². The van der Waals surface area contributed by atoms with E-state index in [1.165, 1.54) is 24.5 Å². The van der Waals surface area contributed by atoms with E-state index in [1.54, 1.807) is 18.2 Å². The molecule has 3 aromatic rings. The number of benzene rings is 2. The summed E-state index contributed by atoms with van der Waals surface area (Å²) in [6.07, 6.45) is 7.06. The zero-order valence-electron chi connectivity index (χ0n) is 21.4. The minimum Gasteiger partial charge on any atom is -0.483 e. The van der Waals surface area contributed by atoms with E-state index in [-0.39, 0.29) is 47.3 Å². The van der Waals surface area contributed by atoms with E-state index in [9.17, 15) is 13.7 Å². The first kappa shape index (κ1) is 26.8. The molecule has 4 atom stereocenters. The highest BCUT2D eigenvalue weighted by Crippen LogP contribution is 2.34. The Morgan fingerprint density at radius 3 is 2.77 bits per heavy atom. The molecule has 39 heavy (non-hydrogen) atoms. The molecule has 1 aliphatic heterocycles. The quantitative estimate of drug-likeness (QED) is 0.358. The SMILES string of the molecule is C=S(=O)(Nc1cc(F)c2c(Nc3ccc(F)cc3OC3COCC3O)ncnc2c1)C1=CC=C(C)C(C)C=C1. The summed E-state index contributed by atoms with van der Waals surface area (Å²) in [6, 6.07) is 6.55. The summed E-state index contributed by atoms with van der Waals surface area (Å²) < 4.78 is 56.8. The third kappa shape index (κ3) is 5.80. The molecule has 0 bridgehead atoms. The molecule has 1 aliphatic carbocycles. The van der Waals surface area contributed by atoms with Crippen LogP contribution in [0.4, 0.5) is 26.0 Å². The van der Waals surface area contributed by atoms with E-state index in [0.29, 0.717) is 10.6 Å². The Bertz CT molecular complexity index is 1620. The molecule has 4 unspecified atom stereocenters. The molecule has 2 heterocycles. The highest BCUT2D eigenvalue weighted by molar-refractivity contribution is 8.05. The van der Waals surface area contributed by atoms with E-state index in [1.807, 2.05) is 26.0 Å². The van der Waals surface area contributed by atoms with E-state index >= 15 is 4.39 Å². The number of nitrogens with one attached hydrogen (secondary N) is 2. The van der Waals surface area contributed by atoms with Crippen molar-refractivity contribution < 1.29 is 27.6 Å². The van der Waals surface area contributed by atoms with Crippen LogP contribution in [-0.4, -0.2) is 50.6 Å². The summed E-state index contributed by atoms with van der Waals surface area (Å²) in [5.41, 5.74) is 1.90. The van der Waals surface area contributed by atoms with Crippen LogP contribution in [0.5, 0.6) is 5.75 Å². The maximum Gasteiger partial charge on any atom is 0.150 e. The third-order valence-electron chi connectivity index (χ3n) is 6.61. The first-order chi connectivity index (χ1) is 18.6. The van der Waals surface area contributed by atoms with Crippen molar-refractivity contribution in [3.8, 4) is 5.75 Å². The summed E-state index contributed by atoms with van der Waals surface area (Å²) in [5.74, 6) is 3.05. The van der Waals surface area contributed by atoms with Gasteiger partial charge in [0.1, 0.15) is 35.6 Å². The second-order valence-electron chi connectivity index (χ2n) is 9.51. The molecule has 1 aromatic heterocycles. The minimum atomic E-state index is -3.01. The number of halogens is 2.